The lowest BCUT2D eigenvalue weighted by molar-refractivity contribution is -0.147. The van der Waals surface area contributed by atoms with E-state index in [1.165, 1.54) is 4.90 Å². The van der Waals surface area contributed by atoms with Gasteiger partial charge in [0.2, 0.25) is 0 Å². The summed E-state index contributed by atoms with van der Waals surface area (Å²) in [6, 6.07) is 6.58. The van der Waals surface area contributed by atoms with Gasteiger partial charge in [-0.3, -0.25) is 9.69 Å². The molecule has 1 aromatic rings. The fourth-order valence-electron chi connectivity index (χ4n) is 2.26. The quantitative estimate of drug-likeness (QED) is 0.580. The molecule has 1 saturated heterocycles. The number of carbonyl (C=O) groups excluding carboxylic acids is 1. The molecule has 0 spiro atoms. The van der Waals surface area contributed by atoms with E-state index >= 15 is 0 Å². The van der Waals surface area contributed by atoms with Gasteiger partial charge >= 0.3 is 5.97 Å². The number of carbonyl (C=O) groups is 2. The van der Waals surface area contributed by atoms with E-state index in [-0.39, 0.29) is 11.8 Å². The third-order valence-electron chi connectivity index (χ3n) is 3.71. The van der Waals surface area contributed by atoms with Crippen molar-refractivity contribution in [3.05, 3.63) is 39.2 Å². The summed E-state index contributed by atoms with van der Waals surface area (Å²) in [5, 5.41) is 9.49. The van der Waals surface area contributed by atoms with Crippen molar-refractivity contribution in [1.82, 2.24) is 4.90 Å². The number of aliphatic carboxylic acids is 1. The minimum Gasteiger partial charge on any atom is -0.480 e. The molecule has 4 nitrogen and oxygen atoms in total. The number of hydrogen-bond acceptors (Lipinski definition) is 4. The largest absolute Gasteiger partial charge is 0.480 e. The number of halogens is 1. The zero-order chi connectivity index (χ0) is 17.1. The maximum Gasteiger partial charge on any atom is 0.327 e. The SMILES string of the molecule is CCC(C)C(C(=O)O)N1C(=O)/C(=C/c2ccc(Br)cc2)SC1=S. The van der Waals surface area contributed by atoms with Crippen LogP contribution in [0.2, 0.25) is 0 Å². The summed E-state index contributed by atoms with van der Waals surface area (Å²) >= 11 is 9.76. The van der Waals surface area contributed by atoms with Crippen LogP contribution in [0.15, 0.2) is 33.6 Å². The van der Waals surface area contributed by atoms with Crippen LogP contribution in [-0.2, 0) is 9.59 Å². The van der Waals surface area contributed by atoms with E-state index in [2.05, 4.69) is 15.9 Å². The van der Waals surface area contributed by atoms with Crippen LogP contribution < -0.4 is 0 Å². The monoisotopic (exact) mass is 413 g/mol. The number of carboxylic acid groups (broad SMARTS) is 1. The third-order valence-corrected chi connectivity index (χ3v) is 5.56. The molecule has 1 heterocycles. The van der Waals surface area contributed by atoms with E-state index in [9.17, 15) is 14.7 Å². The smallest absolute Gasteiger partial charge is 0.327 e. The molecule has 2 unspecified atom stereocenters. The highest BCUT2D eigenvalue weighted by molar-refractivity contribution is 9.10. The summed E-state index contributed by atoms with van der Waals surface area (Å²) in [5.41, 5.74) is 0.865. The van der Waals surface area contributed by atoms with Crippen LogP contribution in [-0.4, -0.2) is 32.2 Å². The second-order valence-corrected chi connectivity index (χ2v) is 7.86. The first-order chi connectivity index (χ1) is 10.8. The summed E-state index contributed by atoms with van der Waals surface area (Å²) in [7, 11) is 0. The van der Waals surface area contributed by atoms with Gasteiger partial charge in [0.15, 0.2) is 0 Å². The Kier molecular flexibility index (Phi) is 6.00. The van der Waals surface area contributed by atoms with E-state index in [0.717, 1.165) is 21.8 Å². The Morgan fingerprint density at radius 1 is 1.43 bits per heavy atom. The van der Waals surface area contributed by atoms with Crippen LogP contribution in [0.4, 0.5) is 0 Å². The molecule has 1 N–H and O–H groups in total. The summed E-state index contributed by atoms with van der Waals surface area (Å²) in [5.74, 6) is -1.54. The van der Waals surface area contributed by atoms with Crippen molar-refractivity contribution in [2.24, 2.45) is 5.92 Å². The second kappa shape index (κ2) is 7.59. The van der Waals surface area contributed by atoms with Crippen LogP contribution in [0.3, 0.4) is 0 Å². The first kappa shape index (κ1) is 18.2. The summed E-state index contributed by atoms with van der Waals surface area (Å²) in [4.78, 5) is 25.9. The normalized spacial score (nSPS) is 19.3. The predicted octanol–water partition coefficient (Wildman–Crippen LogP) is 4.15. The van der Waals surface area contributed by atoms with E-state index in [1.807, 2.05) is 38.1 Å². The third kappa shape index (κ3) is 4.02. The summed E-state index contributed by atoms with van der Waals surface area (Å²) in [6.45, 7) is 3.71. The molecule has 0 radical (unpaired) electrons. The van der Waals surface area contributed by atoms with Crippen LogP contribution in [0.25, 0.3) is 6.08 Å². The highest BCUT2D eigenvalue weighted by atomic mass is 79.9. The molecule has 0 saturated carbocycles. The molecular weight excluding hydrogens is 398 g/mol. The number of thioether (sulfide) groups is 1. The topological polar surface area (TPSA) is 57.6 Å². The Morgan fingerprint density at radius 3 is 2.57 bits per heavy atom. The number of carboxylic acids is 1. The Balaban J connectivity index is 2.32. The molecule has 7 heteroatoms. The maximum atomic E-state index is 12.6. The lowest BCUT2D eigenvalue weighted by Crippen LogP contribution is -2.47. The molecule has 1 aliphatic heterocycles. The fourth-order valence-corrected chi connectivity index (χ4v) is 3.86. The van der Waals surface area contributed by atoms with E-state index in [1.54, 1.807) is 6.08 Å². The molecule has 23 heavy (non-hydrogen) atoms. The standard InChI is InChI=1S/C16H16BrNO3S2/c1-3-9(2)13(15(20)21)18-14(19)12(23-16(18)22)8-10-4-6-11(17)7-5-10/h4-9,13H,3H2,1-2H3,(H,20,21)/b12-8-. The average Bonchev–Trinajstić information content (AvgIpc) is 2.77. The Bertz CT molecular complexity index is 672. The Labute approximate surface area is 153 Å². The fraction of sp³-hybridized carbons (Fsp3) is 0.312. The van der Waals surface area contributed by atoms with E-state index < -0.39 is 12.0 Å². The Morgan fingerprint density at radius 2 is 2.04 bits per heavy atom. The predicted molar refractivity (Wildman–Crippen MR) is 100 cm³/mol. The van der Waals surface area contributed by atoms with Gasteiger partial charge in [0, 0.05) is 4.47 Å². The number of hydrogen-bond donors (Lipinski definition) is 1. The molecular formula is C16H16BrNO3S2. The number of nitrogens with zero attached hydrogens (tertiary/aromatic N) is 1. The highest BCUT2D eigenvalue weighted by Gasteiger charge is 2.42. The van der Waals surface area contributed by atoms with Gasteiger partial charge in [-0.05, 0) is 29.7 Å². The number of benzene rings is 1. The van der Waals surface area contributed by atoms with E-state index in [0.29, 0.717) is 15.6 Å². The highest BCUT2D eigenvalue weighted by Crippen LogP contribution is 2.36. The first-order valence-electron chi connectivity index (χ1n) is 7.10. The molecule has 0 aliphatic carbocycles. The van der Waals surface area contributed by atoms with Gasteiger partial charge < -0.3 is 5.11 Å². The molecule has 1 aliphatic rings. The molecule has 1 aromatic carbocycles. The van der Waals surface area contributed by atoms with Crippen molar-refractivity contribution in [2.75, 3.05) is 0 Å². The van der Waals surface area contributed by atoms with Gasteiger partial charge in [-0.1, -0.05) is 72.3 Å². The maximum absolute atomic E-state index is 12.6. The molecule has 2 rings (SSSR count). The number of amides is 1. The zero-order valence-corrected chi connectivity index (χ0v) is 15.9. The van der Waals surface area contributed by atoms with Crippen molar-refractivity contribution in [3.8, 4) is 0 Å². The van der Waals surface area contributed by atoms with Crippen LogP contribution in [0, 0.1) is 5.92 Å². The van der Waals surface area contributed by atoms with Crippen LogP contribution in [0.1, 0.15) is 25.8 Å². The van der Waals surface area contributed by atoms with Crippen LogP contribution >= 0.6 is 39.9 Å². The zero-order valence-electron chi connectivity index (χ0n) is 12.7. The number of rotatable bonds is 5. The molecule has 0 aromatic heterocycles. The van der Waals surface area contributed by atoms with Gasteiger partial charge in [-0.15, -0.1) is 0 Å². The lowest BCUT2D eigenvalue weighted by atomic mass is 9.98. The Hall–Kier alpha value is -1.18. The molecule has 1 amide bonds. The van der Waals surface area contributed by atoms with E-state index in [4.69, 9.17) is 12.2 Å². The average molecular weight is 414 g/mol. The second-order valence-electron chi connectivity index (χ2n) is 5.27. The molecule has 1 fully saturated rings. The van der Waals surface area contributed by atoms with Gasteiger partial charge in [0.1, 0.15) is 10.4 Å². The van der Waals surface area contributed by atoms with Crippen molar-refractivity contribution >= 4 is 62.2 Å². The van der Waals surface area contributed by atoms with Crippen molar-refractivity contribution in [1.29, 1.82) is 0 Å². The molecule has 0 bridgehead atoms. The van der Waals surface area contributed by atoms with Crippen LogP contribution in [0.5, 0.6) is 0 Å². The summed E-state index contributed by atoms with van der Waals surface area (Å²) in [6.07, 6.45) is 2.39. The van der Waals surface area contributed by atoms with Crippen molar-refractivity contribution < 1.29 is 14.7 Å². The molecule has 122 valence electrons. The molecule has 2 atom stereocenters. The lowest BCUT2D eigenvalue weighted by Gasteiger charge is -2.27. The summed E-state index contributed by atoms with van der Waals surface area (Å²) < 4.78 is 1.25. The van der Waals surface area contributed by atoms with Crippen molar-refractivity contribution in [2.45, 2.75) is 26.3 Å². The van der Waals surface area contributed by atoms with Gasteiger partial charge in [-0.2, -0.15) is 0 Å². The van der Waals surface area contributed by atoms with Gasteiger partial charge in [0.05, 0.1) is 4.91 Å². The van der Waals surface area contributed by atoms with Gasteiger partial charge in [-0.25, -0.2) is 4.79 Å². The minimum atomic E-state index is -1.03. The minimum absolute atomic E-state index is 0.179. The van der Waals surface area contributed by atoms with Gasteiger partial charge in [0.25, 0.3) is 5.91 Å². The van der Waals surface area contributed by atoms with Crippen molar-refractivity contribution in [3.63, 3.8) is 0 Å². The first-order valence-corrected chi connectivity index (χ1v) is 9.12. The number of thiocarbonyl (C=S) groups is 1.